The maximum atomic E-state index is 13.2. The highest BCUT2D eigenvalue weighted by Crippen LogP contribution is 2.12. The number of benzene rings is 1. The molecular formula is C21H34FN5O2. The van der Waals surface area contributed by atoms with E-state index in [2.05, 4.69) is 39.7 Å². The molecule has 1 fully saturated rings. The van der Waals surface area contributed by atoms with Crippen LogP contribution in [0, 0.1) is 11.7 Å². The molecule has 7 nitrogen and oxygen atoms in total. The number of hydrogen-bond donors (Lipinski definition) is 3. The largest absolute Gasteiger partial charge is 0.379 e. The smallest absolute Gasteiger partial charge is 0.224 e. The summed E-state index contributed by atoms with van der Waals surface area (Å²) in [7, 11) is 1.73. The summed E-state index contributed by atoms with van der Waals surface area (Å²) in [5, 5.41) is 9.44. The molecule has 0 bridgehead atoms. The third-order valence-corrected chi connectivity index (χ3v) is 4.98. The maximum Gasteiger partial charge on any atom is 0.224 e. The molecule has 0 aliphatic carbocycles. The SMILES string of the molecule is CN=C(NCCNC(=O)Cc1cccc(F)c1)NCC(C(C)C)N1CCOCC1. The van der Waals surface area contributed by atoms with Gasteiger partial charge in [0.15, 0.2) is 5.96 Å². The van der Waals surface area contributed by atoms with E-state index in [-0.39, 0.29) is 18.1 Å². The Morgan fingerprint density at radius 3 is 2.59 bits per heavy atom. The zero-order valence-electron chi connectivity index (χ0n) is 17.7. The number of halogens is 1. The molecule has 0 saturated carbocycles. The normalized spacial score (nSPS) is 16.5. The van der Waals surface area contributed by atoms with E-state index in [1.54, 1.807) is 19.2 Å². The van der Waals surface area contributed by atoms with Gasteiger partial charge in [-0.25, -0.2) is 4.39 Å². The molecule has 3 N–H and O–H groups in total. The average Bonchev–Trinajstić information content (AvgIpc) is 2.70. The van der Waals surface area contributed by atoms with E-state index in [1.807, 2.05) is 0 Å². The van der Waals surface area contributed by atoms with Gasteiger partial charge in [0.25, 0.3) is 0 Å². The second kappa shape index (κ2) is 12.4. The van der Waals surface area contributed by atoms with Crippen LogP contribution in [0.3, 0.4) is 0 Å². The number of aliphatic imine (C=N–C) groups is 1. The van der Waals surface area contributed by atoms with Crippen LogP contribution < -0.4 is 16.0 Å². The van der Waals surface area contributed by atoms with E-state index in [1.165, 1.54) is 12.1 Å². The minimum atomic E-state index is -0.330. The van der Waals surface area contributed by atoms with Crippen molar-refractivity contribution in [2.75, 3.05) is 53.0 Å². The molecule has 29 heavy (non-hydrogen) atoms. The monoisotopic (exact) mass is 407 g/mol. The van der Waals surface area contributed by atoms with Crippen molar-refractivity contribution >= 4 is 11.9 Å². The quantitative estimate of drug-likeness (QED) is 0.324. The van der Waals surface area contributed by atoms with Gasteiger partial charge in [-0.1, -0.05) is 26.0 Å². The Bertz CT molecular complexity index is 662. The molecule has 2 rings (SSSR count). The van der Waals surface area contributed by atoms with Gasteiger partial charge in [-0.05, 0) is 23.6 Å². The molecule has 8 heteroatoms. The molecule has 1 aliphatic heterocycles. The number of nitrogens with one attached hydrogen (secondary N) is 3. The lowest BCUT2D eigenvalue weighted by molar-refractivity contribution is -0.120. The van der Waals surface area contributed by atoms with Crippen molar-refractivity contribution in [2.24, 2.45) is 10.9 Å². The predicted molar refractivity (Wildman–Crippen MR) is 113 cm³/mol. The highest BCUT2D eigenvalue weighted by molar-refractivity contribution is 5.80. The Morgan fingerprint density at radius 1 is 1.21 bits per heavy atom. The molecule has 0 aromatic heterocycles. The molecule has 1 heterocycles. The predicted octanol–water partition coefficient (Wildman–Crippen LogP) is 1.01. The number of ether oxygens (including phenoxy) is 1. The van der Waals surface area contributed by atoms with Gasteiger partial charge >= 0.3 is 0 Å². The standard InChI is InChI=1S/C21H34FN5O2/c1-16(2)19(27-9-11-29-12-10-27)15-26-21(23-3)25-8-7-24-20(28)14-17-5-4-6-18(22)13-17/h4-6,13,16,19H,7-12,14-15H2,1-3H3,(H,24,28)(H2,23,25,26). The first-order valence-corrected chi connectivity index (χ1v) is 10.3. The second-order valence-corrected chi connectivity index (χ2v) is 7.50. The van der Waals surface area contributed by atoms with Gasteiger partial charge in [-0.3, -0.25) is 14.7 Å². The van der Waals surface area contributed by atoms with Crippen molar-refractivity contribution in [3.05, 3.63) is 35.6 Å². The molecule has 0 spiro atoms. The van der Waals surface area contributed by atoms with Crippen LogP contribution in [0.4, 0.5) is 4.39 Å². The molecule has 1 unspecified atom stereocenters. The van der Waals surface area contributed by atoms with Crippen LogP contribution in [-0.2, 0) is 16.0 Å². The van der Waals surface area contributed by atoms with Crippen molar-refractivity contribution in [2.45, 2.75) is 26.3 Å². The molecule has 1 aromatic carbocycles. The van der Waals surface area contributed by atoms with Crippen molar-refractivity contribution in [3.63, 3.8) is 0 Å². The summed E-state index contributed by atoms with van der Waals surface area (Å²) in [6, 6.07) is 6.50. The molecule has 1 aliphatic rings. The fourth-order valence-corrected chi connectivity index (χ4v) is 3.40. The van der Waals surface area contributed by atoms with E-state index in [0.29, 0.717) is 36.6 Å². The van der Waals surface area contributed by atoms with E-state index in [9.17, 15) is 9.18 Å². The summed E-state index contributed by atoms with van der Waals surface area (Å²) in [6.07, 6.45) is 0.167. The maximum absolute atomic E-state index is 13.2. The third-order valence-electron chi connectivity index (χ3n) is 4.98. The number of carbonyl (C=O) groups is 1. The van der Waals surface area contributed by atoms with Crippen LogP contribution >= 0.6 is 0 Å². The van der Waals surface area contributed by atoms with Gasteiger partial charge < -0.3 is 20.7 Å². The lowest BCUT2D eigenvalue weighted by atomic mass is 10.0. The van der Waals surface area contributed by atoms with Crippen molar-refractivity contribution in [3.8, 4) is 0 Å². The first-order valence-electron chi connectivity index (χ1n) is 10.3. The first-order chi connectivity index (χ1) is 14.0. The summed E-state index contributed by atoms with van der Waals surface area (Å²) >= 11 is 0. The number of amides is 1. The van der Waals surface area contributed by atoms with E-state index in [4.69, 9.17) is 4.74 Å². The van der Waals surface area contributed by atoms with Crippen LogP contribution in [0.2, 0.25) is 0 Å². The van der Waals surface area contributed by atoms with E-state index in [0.717, 1.165) is 32.8 Å². The minimum absolute atomic E-state index is 0.132. The molecular weight excluding hydrogens is 373 g/mol. The number of carbonyl (C=O) groups excluding carboxylic acids is 1. The summed E-state index contributed by atoms with van der Waals surface area (Å²) in [5.74, 6) is 0.764. The van der Waals surface area contributed by atoms with Gasteiger partial charge in [0.1, 0.15) is 5.82 Å². The van der Waals surface area contributed by atoms with Crippen LogP contribution in [0.15, 0.2) is 29.3 Å². The molecule has 1 amide bonds. The fourth-order valence-electron chi connectivity index (χ4n) is 3.40. The summed E-state index contributed by atoms with van der Waals surface area (Å²) < 4.78 is 18.6. The van der Waals surface area contributed by atoms with E-state index >= 15 is 0 Å². The van der Waals surface area contributed by atoms with Gasteiger partial charge in [-0.15, -0.1) is 0 Å². The Labute approximate surface area is 173 Å². The van der Waals surface area contributed by atoms with Gasteiger partial charge in [0, 0.05) is 45.8 Å². The molecule has 0 radical (unpaired) electrons. The molecule has 1 saturated heterocycles. The number of morpholine rings is 1. The summed E-state index contributed by atoms with van der Waals surface area (Å²) in [4.78, 5) is 18.7. The van der Waals surface area contributed by atoms with Crippen molar-refractivity contribution in [1.82, 2.24) is 20.9 Å². The number of nitrogens with zero attached hydrogens (tertiary/aromatic N) is 2. The fraction of sp³-hybridized carbons (Fsp3) is 0.619. The van der Waals surface area contributed by atoms with Crippen molar-refractivity contribution in [1.29, 1.82) is 0 Å². The Kier molecular flexibility index (Phi) is 9.87. The van der Waals surface area contributed by atoms with Gasteiger partial charge in [-0.2, -0.15) is 0 Å². The zero-order valence-corrected chi connectivity index (χ0v) is 17.7. The van der Waals surface area contributed by atoms with Crippen LogP contribution in [0.1, 0.15) is 19.4 Å². The summed E-state index contributed by atoms with van der Waals surface area (Å²) in [6.45, 7) is 9.74. The number of hydrogen-bond acceptors (Lipinski definition) is 4. The molecule has 1 atom stereocenters. The van der Waals surface area contributed by atoms with Crippen molar-refractivity contribution < 1.29 is 13.9 Å². The Hall–Kier alpha value is -2.19. The highest BCUT2D eigenvalue weighted by Gasteiger charge is 2.23. The summed E-state index contributed by atoms with van der Waals surface area (Å²) in [5.41, 5.74) is 0.663. The van der Waals surface area contributed by atoms with Gasteiger partial charge in [0.05, 0.1) is 19.6 Å². The minimum Gasteiger partial charge on any atom is -0.379 e. The lowest BCUT2D eigenvalue weighted by Gasteiger charge is -2.37. The molecule has 1 aromatic rings. The highest BCUT2D eigenvalue weighted by atomic mass is 19.1. The Morgan fingerprint density at radius 2 is 1.93 bits per heavy atom. The topological polar surface area (TPSA) is 78.0 Å². The Balaban J connectivity index is 1.68. The second-order valence-electron chi connectivity index (χ2n) is 7.50. The number of guanidine groups is 1. The van der Waals surface area contributed by atoms with E-state index < -0.39 is 0 Å². The van der Waals surface area contributed by atoms with Gasteiger partial charge in [0.2, 0.25) is 5.91 Å². The number of rotatable bonds is 9. The average molecular weight is 408 g/mol. The third kappa shape index (κ3) is 8.37. The zero-order chi connectivity index (χ0) is 21.1. The molecule has 162 valence electrons. The lowest BCUT2D eigenvalue weighted by Crippen LogP contribution is -2.53. The van der Waals surface area contributed by atoms with Crippen LogP contribution in [0.25, 0.3) is 0 Å². The van der Waals surface area contributed by atoms with Crippen LogP contribution in [-0.4, -0.2) is 75.8 Å². The van der Waals surface area contributed by atoms with Crippen LogP contribution in [0.5, 0.6) is 0 Å². The first kappa shape index (κ1) is 23.1.